The molecule has 3 N–H and O–H groups in total. The highest BCUT2D eigenvalue weighted by Gasteiger charge is 2.07. The summed E-state index contributed by atoms with van der Waals surface area (Å²) in [5.74, 6) is 0.456. The largest absolute Gasteiger partial charge is 0.393 e. The predicted molar refractivity (Wildman–Crippen MR) is 85.0 cm³/mol. The second-order valence-corrected chi connectivity index (χ2v) is 4.90. The second kappa shape index (κ2) is 8.09. The first-order chi connectivity index (χ1) is 10.7. The third kappa shape index (κ3) is 4.82. The fraction of sp³-hybridized carbons (Fsp3) is 0.312. The molecule has 0 bridgehead atoms. The molecule has 1 aromatic carbocycles. The Labute approximate surface area is 129 Å². The lowest BCUT2D eigenvalue weighted by atomic mass is 10.1. The number of rotatable bonds is 7. The maximum atomic E-state index is 12.1. The average molecular weight is 300 g/mol. The van der Waals surface area contributed by atoms with Crippen molar-refractivity contribution < 1.29 is 9.90 Å². The van der Waals surface area contributed by atoms with Crippen molar-refractivity contribution in [2.75, 3.05) is 11.9 Å². The van der Waals surface area contributed by atoms with Crippen molar-refractivity contribution in [3.8, 4) is 0 Å². The summed E-state index contributed by atoms with van der Waals surface area (Å²) in [6.07, 6.45) is 5.67. The van der Waals surface area contributed by atoms with Crippen LogP contribution in [0.15, 0.2) is 42.9 Å². The molecule has 0 aliphatic rings. The van der Waals surface area contributed by atoms with E-state index >= 15 is 0 Å². The number of hydrogen-bond acceptors (Lipinski definition) is 5. The highest BCUT2D eigenvalue weighted by atomic mass is 16.3. The Morgan fingerprint density at radius 1 is 1.36 bits per heavy atom. The first-order valence-corrected chi connectivity index (χ1v) is 7.28. The number of anilines is 2. The summed E-state index contributed by atoms with van der Waals surface area (Å²) in [5.41, 5.74) is 1.32. The molecule has 116 valence electrons. The first-order valence-electron chi connectivity index (χ1n) is 7.28. The molecule has 1 unspecified atom stereocenters. The predicted octanol–water partition coefficient (Wildman–Crippen LogP) is 2.11. The monoisotopic (exact) mass is 300 g/mol. The number of benzene rings is 1. The molecule has 2 aromatic rings. The van der Waals surface area contributed by atoms with Crippen molar-refractivity contribution in [2.45, 2.75) is 25.9 Å². The van der Waals surface area contributed by atoms with Crippen molar-refractivity contribution in [3.05, 3.63) is 48.4 Å². The third-order valence-electron chi connectivity index (χ3n) is 3.19. The molecule has 6 heteroatoms. The Balaban J connectivity index is 1.94. The van der Waals surface area contributed by atoms with Crippen LogP contribution in [0.3, 0.4) is 0 Å². The molecule has 0 aliphatic heterocycles. The molecule has 6 nitrogen and oxygen atoms in total. The van der Waals surface area contributed by atoms with Gasteiger partial charge < -0.3 is 15.7 Å². The zero-order valence-corrected chi connectivity index (χ0v) is 12.5. The number of nitrogens with zero attached hydrogens (tertiary/aromatic N) is 2. The lowest BCUT2D eigenvalue weighted by Gasteiger charge is -2.10. The van der Waals surface area contributed by atoms with Crippen LogP contribution in [0.2, 0.25) is 0 Å². The van der Waals surface area contributed by atoms with Crippen LogP contribution < -0.4 is 10.6 Å². The van der Waals surface area contributed by atoms with Crippen LogP contribution in [-0.2, 0) is 0 Å². The van der Waals surface area contributed by atoms with E-state index in [0.29, 0.717) is 30.8 Å². The zero-order valence-electron chi connectivity index (χ0n) is 12.5. The Kier molecular flexibility index (Phi) is 5.85. The van der Waals surface area contributed by atoms with E-state index < -0.39 is 0 Å². The highest BCUT2D eigenvalue weighted by Crippen LogP contribution is 2.15. The van der Waals surface area contributed by atoms with Crippen molar-refractivity contribution in [1.82, 2.24) is 15.3 Å². The van der Waals surface area contributed by atoms with Gasteiger partial charge >= 0.3 is 0 Å². The van der Waals surface area contributed by atoms with Gasteiger partial charge in [0.1, 0.15) is 5.82 Å². The second-order valence-electron chi connectivity index (χ2n) is 4.90. The number of carbonyl (C=O) groups excluding carboxylic acids is 1. The van der Waals surface area contributed by atoms with Crippen molar-refractivity contribution >= 4 is 17.4 Å². The molecule has 1 atom stereocenters. The summed E-state index contributed by atoms with van der Waals surface area (Å²) >= 11 is 0. The Bertz CT molecular complexity index is 604. The van der Waals surface area contributed by atoms with E-state index in [1.54, 1.807) is 36.8 Å². The summed E-state index contributed by atoms with van der Waals surface area (Å²) in [6, 6.07) is 7.15. The van der Waals surface area contributed by atoms with Gasteiger partial charge in [-0.05, 0) is 31.0 Å². The number of carbonyl (C=O) groups is 1. The Morgan fingerprint density at radius 2 is 2.23 bits per heavy atom. The molecule has 1 aromatic heterocycles. The van der Waals surface area contributed by atoms with Crippen LogP contribution in [0, 0.1) is 0 Å². The van der Waals surface area contributed by atoms with Gasteiger partial charge in [0.05, 0.1) is 12.3 Å². The molecule has 1 amide bonds. The van der Waals surface area contributed by atoms with Crippen molar-refractivity contribution in [2.24, 2.45) is 0 Å². The van der Waals surface area contributed by atoms with E-state index in [1.807, 2.05) is 13.0 Å². The molecular weight excluding hydrogens is 280 g/mol. The van der Waals surface area contributed by atoms with Crippen LogP contribution >= 0.6 is 0 Å². The standard InChI is InChI=1S/C16H20N4O2/c1-2-14(21)6-7-19-16(22)12-4-3-5-13(10-12)20-15-11-17-8-9-18-15/h3-5,8-11,14,21H,2,6-7H2,1H3,(H,18,20)(H,19,22). The quantitative estimate of drug-likeness (QED) is 0.729. The number of amides is 1. The number of hydrogen-bond donors (Lipinski definition) is 3. The van der Waals surface area contributed by atoms with Gasteiger partial charge in [0, 0.05) is 30.2 Å². The maximum absolute atomic E-state index is 12.1. The molecule has 0 aliphatic carbocycles. The number of aromatic nitrogens is 2. The van der Waals surface area contributed by atoms with Crippen LogP contribution in [0.5, 0.6) is 0 Å². The topological polar surface area (TPSA) is 87.1 Å². The Morgan fingerprint density at radius 3 is 2.95 bits per heavy atom. The normalized spacial score (nSPS) is 11.7. The van der Waals surface area contributed by atoms with E-state index in [2.05, 4.69) is 20.6 Å². The van der Waals surface area contributed by atoms with Crippen LogP contribution in [0.1, 0.15) is 30.1 Å². The van der Waals surface area contributed by atoms with Gasteiger partial charge in [-0.15, -0.1) is 0 Å². The van der Waals surface area contributed by atoms with Crippen LogP contribution in [-0.4, -0.2) is 33.6 Å². The first kappa shape index (κ1) is 15.9. The zero-order chi connectivity index (χ0) is 15.8. The summed E-state index contributed by atoms with van der Waals surface area (Å²) < 4.78 is 0. The minimum atomic E-state index is -0.370. The summed E-state index contributed by atoms with van der Waals surface area (Å²) in [5, 5.41) is 15.4. The molecule has 2 rings (SSSR count). The molecule has 1 heterocycles. The lowest BCUT2D eigenvalue weighted by molar-refractivity contribution is 0.0942. The minimum Gasteiger partial charge on any atom is -0.393 e. The van der Waals surface area contributed by atoms with Gasteiger partial charge in [-0.2, -0.15) is 0 Å². The van der Waals surface area contributed by atoms with E-state index in [9.17, 15) is 9.90 Å². The molecule has 0 spiro atoms. The summed E-state index contributed by atoms with van der Waals surface area (Å²) in [7, 11) is 0. The van der Waals surface area contributed by atoms with Crippen LogP contribution in [0.25, 0.3) is 0 Å². The van der Waals surface area contributed by atoms with Gasteiger partial charge in [-0.3, -0.25) is 9.78 Å². The van der Waals surface area contributed by atoms with E-state index in [1.165, 1.54) is 0 Å². The molecule has 22 heavy (non-hydrogen) atoms. The van der Waals surface area contributed by atoms with E-state index in [-0.39, 0.29) is 12.0 Å². The van der Waals surface area contributed by atoms with Gasteiger partial charge in [0.25, 0.3) is 5.91 Å². The molecular formula is C16H20N4O2. The number of nitrogens with one attached hydrogen (secondary N) is 2. The van der Waals surface area contributed by atoms with E-state index in [0.717, 1.165) is 5.69 Å². The fourth-order valence-corrected chi connectivity index (χ4v) is 1.91. The van der Waals surface area contributed by atoms with E-state index in [4.69, 9.17) is 0 Å². The van der Waals surface area contributed by atoms with Crippen molar-refractivity contribution in [3.63, 3.8) is 0 Å². The van der Waals surface area contributed by atoms with Gasteiger partial charge in [0.2, 0.25) is 0 Å². The highest BCUT2D eigenvalue weighted by molar-refractivity contribution is 5.95. The SMILES string of the molecule is CCC(O)CCNC(=O)c1cccc(Nc2cnccn2)c1. The summed E-state index contributed by atoms with van der Waals surface area (Å²) in [4.78, 5) is 20.2. The van der Waals surface area contributed by atoms with Gasteiger partial charge in [-0.1, -0.05) is 13.0 Å². The summed E-state index contributed by atoms with van der Waals surface area (Å²) in [6.45, 7) is 2.36. The number of aliphatic hydroxyl groups excluding tert-OH is 1. The number of aliphatic hydroxyl groups is 1. The van der Waals surface area contributed by atoms with Gasteiger partial charge in [0.15, 0.2) is 0 Å². The van der Waals surface area contributed by atoms with Crippen LogP contribution in [0.4, 0.5) is 11.5 Å². The van der Waals surface area contributed by atoms with Gasteiger partial charge in [-0.25, -0.2) is 4.98 Å². The molecule has 0 fully saturated rings. The molecule has 0 radical (unpaired) electrons. The molecule has 0 saturated carbocycles. The molecule has 0 saturated heterocycles. The minimum absolute atomic E-state index is 0.161. The smallest absolute Gasteiger partial charge is 0.251 e. The maximum Gasteiger partial charge on any atom is 0.251 e. The average Bonchev–Trinajstić information content (AvgIpc) is 2.55. The van der Waals surface area contributed by atoms with Crippen molar-refractivity contribution in [1.29, 1.82) is 0 Å². The lowest BCUT2D eigenvalue weighted by Crippen LogP contribution is -2.27. The third-order valence-corrected chi connectivity index (χ3v) is 3.19. The fourth-order valence-electron chi connectivity index (χ4n) is 1.91. The Hall–Kier alpha value is -2.47.